The molecular formula is C34H35FO5. The highest BCUT2D eigenvalue weighted by Gasteiger charge is 2.48. The predicted octanol–water partition coefficient (Wildman–Crippen LogP) is 6.65. The second kappa shape index (κ2) is 14.8. The molecule has 1 fully saturated rings. The van der Waals surface area contributed by atoms with Gasteiger partial charge >= 0.3 is 0 Å². The molecule has 1 aliphatic rings. The lowest BCUT2D eigenvalue weighted by Gasteiger charge is -2.43. The molecule has 1 saturated heterocycles. The van der Waals surface area contributed by atoms with Crippen LogP contribution in [0.15, 0.2) is 121 Å². The lowest BCUT2D eigenvalue weighted by atomic mass is 9.98. The summed E-state index contributed by atoms with van der Waals surface area (Å²) in [5.41, 5.74) is 3.94. The first-order chi connectivity index (χ1) is 19.8. The molecule has 5 rings (SSSR count). The number of hydrogen-bond acceptors (Lipinski definition) is 5. The van der Waals surface area contributed by atoms with Gasteiger partial charge in [0, 0.05) is 0 Å². The molecule has 0 aliphatic carbocycles. The molecule has 0 amide bonds. The lowest BCUT2D eigenvalue weighted by Crippen LogP contribution is -2.60. The Morgan fingerprint density at radius 3 is 1.30 bits per heavy atom. The fraction of sp³-hybridized carbons (Fsp3) is 0.294. The highest BCUT2D eigenvalue weighted by atomic mass is 19.1. The summed E-state index contributed by atoms with van der Waals surface area (Å²) in [7, 11) is 0. The molecular weight excluding hydrogens is 507 g/mol. The summed E-state index contributed by atoms with van der Waals surface area (Å²) in [5.74, 6) is 0. The summed E-state index contributed by atoms with van der Waals surface area (Å²) in [6.45, 7) is 1.35. The van der Waals surface area contributed by atoms with Crippen molar-refractivity contribution in [3.05, 3.63) is 144 Å². The molecule has 6 heteroatoms. The van der Waals surface area contributed by atoms with E-state index >= 15 is 4.39 Å². The summed E-state index contributed by atoms with van der Waals surface area (Å²) in [4.78, 5) is 0. The van der Waals surface area contributed by atoms with Gasteiger partial charge in [0.05, 0.1) is 33.0 Å². The number of benzene rings is 4. The number of alkyl halides is 1. The normalized spacial score (nSPS) is 22.7. The van der Waals surface area contributed by atoms with Gasteiger partial charge in [0.1, 0.15) is 24.4 Å². The highest BCUT2D eigenvalue weighted by Crippen LogP contribution is 2.31. The highest BCUT2D eigenvalue weighted by molar-refractivity contribution is 5.16. The zero-order valence-corrected chi connectivity index (χ0v) is 22.4. The summed E-state index contributed by atoms with van der Waals surface area (Å²) in [6.07, 6.45) is -4.77. The number of rotatable bonds is 13. The van der Waals surface area contributed by atoms with Crippen LogP contribution in [0.2, 0.25) is 0 Å². The van der Waals surface area contributed by atoms with Crippen LogP contribution in [0.1, 0.15) is 22.3 Å². The minimum atomic E-state index is -1.72. The third-order valence-electron chi connectivity index (χ3n) is 6.83. The molecule has 0 radical (unpaired) electrons. The van der Waals surface area contributed by atoms with Crippen LogP contribution in [-0.4, -0.2) is 37.4 Å². The van der Waals surface area contributed by atoms with Crippen LogP contribution in [-0.2, 0) is 50.1 Å². The molecule has 1 heterocycles. The topological polar surface area (TPSA) is 46.2 Å². The molecule has 0 aromatic heterocycles. The van der Waals surface area contributed by atoms with Crippen molar-refractivity contribution in [2.75, 3.05) is 6.61 Å². The van der Waals surface area contributed by atoms with Crippen LogP contribution in [0.3, 0.4) is 0 Å². The average molecular weight is 543 g/mol. The Hall–Kier alpha value is -3.39. The van der Waals surface area contributed by atoms with E-state index < -0.39 is 30.8 Å². The molecule has 5 atom stereocenters. The summed E-state index contributed by atoms with van der Waals surface area (Å²) in [6, 6.07) is 39.2. The van der Waals surface area contributed by atoms with Gasteiger partial charge in [-0.3, -0.25) is 0 Å². The fourth-order valence-electron chi connectivity index (χ4n) is 4.73. The van der Waals surface area contributed by atoms with Gasteiger partial charge in [-0.2, -0.15) is 0 Å². The van der Waals surface area contributed by atoms with Gasteiger partial charge in [-0.05, 0) is 22.3 Å². The lowest BCUT2D eigenvalue weighted by molar-refractivity contribution is -0.298. The summed E-state index contributed by atoms with van der Waals surface area (Å²) < 4.78 is 46.6. The maximum atomic E-state index is 15.7. The molecule has 1 aliphatic heterocycles. The van der Waals surface area contributed by atoms with Crippen molar-refractivity contribution >= 4 is 0 Å². The summed E-state index contributed by atoms with van der Waals surface area (Å²) in [5, 5.41) is 0. The van der Waals surface area contributed by atoms with E-state index in [2.05, 4.69) is 0 Å². The van der Waals surface area contributed by atoms with Gasteiger partial charge in [0.25, 0.3) is 0 Å². The number of hydrogen-bond donors (Lipinski definition) is 0. The van der Waals surface area contributed by atoms with Crippen molar-refractivity contribution in [1.29, 1.82) is 0 Å². The molecule has 0 spiro atoms. The Labute approximate surface area is 235 Å². The molecule has 4 aromatic carbocycles. The van der Waals surface area contributed by atoms with Crippen LogP contribution >= 0.6 is 0 Å². The minimum absolute atomic E-state index is 0.144. The zero-order chi connectivity index (χ0) is 27.4. The quantitative estimate of drug-likeness (QED) is 0.189. The Morgan fingerprint density at radius 1 is 0.475 bits per heavy atom. The van der Waals surface area contributed by atoms with E-state index in [9.17, 15) is 0 Å². The van der Waals surface area contributed by atoms with Crippen molar-refractivity contribution in [2.45, 2.75) is 57.2 Å². The van der Waals surface area contributed by atoms with Crippen molar-refractivity contribution in [2.24, 2.45) is 0 Å². The minimum Gasteiger partial charge on any atom is -0.374 e. The van der Waals surface area contributed by atoms with E-state index in [1.165, 1.54) is 0 Å². The van der Waals surface area contributed by atoms with E-state index in [1.54, 1.807) is 0 Å². The van der Waals surface area contributed by atoms with E-state index in [4.69, 9.17) is 23.7 Å². The first-order valence-corrected chi connectivity index (χ1v) is 13.6. The first-order valence-electron chi connectivity index (χ1n) is 13.6. The van der Waals surface area contributed by atoms with Gasteiger partial charge in [0.2, 0.25) is 6.36 Å². The van der Waals surface area contributed by atoms with Crippen molar-refractivity contribution < 1.29 is 28.1 Å². The Balaban J connectivity index is 1.36. The van der Waals surface area contributed by atoms with E-state index in [0.717, 1.165) is 22.3 Å². The van der Waals surface area contributed by atoms with Gasteiger partial charge in [0.15, 0.2) is 0 Å². The van der Waals surface area contributed by atoms with Crippen LogP contribution in [0.4, 0.5) is 4.39 Å². The maximum absolute atomic E-state index is 15.7. The molecule has 40 heavy (non-hydrogen) atoms. The molecule has 5 nitrogen and oxygen atoms in total. The summed E-state index contributed by atoms with van der Waals surface area (Å²) >= 11 is 0. The van der Waals surface area contributed by atoms with Crippen LogP contribution in [0.5, 0.6) is 0 Å². The SMILES string of the molecule is F[C@H]1OC(COCc2ccccc2)[C@H](OCc2ccccc2)C(OCc2ccccc2)C1OCc1ccccc1. The number of halogens is 1. The molecule has 0 saturated carbocycles. The predicted molar refractivity (Wildman–Crippen MR) is 151 cm³/mol. The molecule has 0 bridgehead atoms. The van der Waals surface area contributed by atoms with Crippen molar-refractivity contribution in [3.63, 3.8) is 0 Å². The first kappa shape index (κ1) is 28.1. The molecule has 4 aromatic rings. The number of ether oxygens (including phenoxy) is 5. The fourth-order valence-corrected chi connectivity index (χ4v) is 4.73. The monoisotopic (exact) mass is 542 g/mol. The van der Waals surface area contributed by atoms with Crippen LogP contribution in [0.25, 0.3) is 0 Å². The van der Waals surface area contributed by atoms with Gasteiger partial charge in [-0.1, -0.05) is 121 Å². The molecule has 3 unspecified atom stereocenters. The molecule has 0 N–H and O–H groups in total. The van der Waals surface area contributed by atoms with Crippen LogP contribution in [0, 0.1) is 0 Å². The zero-order valence-electron chi connectivity index (χ0n) is 22.4. The average Bonchev–Trinajstić information content (AvgIpc) is 3.01. The van der Waals surface area contributed by atoms with Crippen molar-refractivity contribution in [1.82, 2.24) is 0 Å². The largest absolute Gasteiger partial charge is 0.374 e. The smallest absolute Gasteiger partial charge is 0.228 e. The third kappa shape index (κ3) is 8.07. The Bertz CT molecular complexity index is 1240. The standard InChI is InChI=1S/C34H35FO5/c35-34-33(39-24-29-19-11-4-12-20-29)32(38-23-28-17-9-3-10-18-28)31(37-22-27-15-7-2-8-16-27)30(40-34)25-36-21-26-13-5-1-6-14-26/h1-20,30-34H,21-25H2/t30?,31-,32?,33?,34-/m0/s1. The van der Waals surface area contributed by atoms with Crippen molar-refractivity contribution in [3.8, 4) is 0 Å². The van der Waals surface area contributed by atoms with E-state index in [-0.39, 0.29) is 19.8 Å². The van der Waals surface area contributed by atoms with Gasteiger partial charge in [-0.15, -0.1) is 0 Å². The second-order valence-electron chi connectivity index (χ2n) is 9.81. The Kier molecular flexibility index (Phi) is 10.4. The second-order valence-corrected chi connectivity index (χ2v) is 9.81. The Morgan fingerprint density at radius 2 is 0.850 bits per heavy atom. The van der Waals surface area contributed by atoms with E-state index in [1.807, 2.05) is 121 Å². The third-order valence-corrected chi connectivity index (χ3v) is 6.83. The van der Waals surface area contributed by atoms with Crippen LogP contribution < -0.4 is 0 Å². The maximum Gasteiger partial charge on any atom is 0.228 e. The molecule has 208 valence electrons. The van der Waals surface area contributed by atoms with Gasteiger partial charge in [-0.25, -0.2) is 4.39 Å². The van der Waals surface area contributed by atoms with Gasteiger partial charge < -0.3 is 23.7 Å². The van der Waals surface area contributed by atoms with E-state index in [0.29, 0.717) is 13.2 Å².